The van der Waals surface area contributed by atoms with Crippen LogP contribution in [-0.2, 0) is 0 Å². The van der Waals surface area contributed by atoms with Crippen molar-refractivity contribution in [2.45, 2.75) is 13.8 Å². The normalized spacial score (nSPS) is 11.1. The van der Waals surface area contributed by atoms with E-state index < -0.39 is 0 Å². The van der Waals surface area contributed by atoms with Crippen LogP contribution in [0.3, 0.4) is 0 Å². The van der Waals surface area contributed by atoms with E-state index in [4.69, 9.17) is 4.42 Å². The molecule has 3 aromatic rings. The Bertz CT molecular complexity index is 908. The molecule has 0 saturated carbocycles. The van der Waals surface area contributed by atoms with Gasteiger partial charge in [0.05, 0.1) is 5.69 Å². The molecular formula is C21H19NO2. The maximum atomic E-state index is 11.0. The Morgan fingerprint density at radius 1 is 1.04 bits per heavy atom. The molecule has 0 aliphatic heterocycles. The molecule has 120 valence electrons. The first kappa shape index (κ1) is 15.8. The highest BCUT2D eigenvalue weighted by Gasteiger charge is 2.09. The molecule has 0 atom stereocenters. The molecule has 0 amide bonds. The number of aldehydes is 1. The molecule has 0 unspecified atom stereocenters. The molecule has 24 heavy (non-hydrogen) atoms. The minimum absolute atomic E-state index is 0.620. The standard InChI is InChI=1S/C21H19NO2/c1-4-5-6-20-15(3)12-21(24-20)17-9-7-16(8-10-17)18-11-14(2)19(13-23)22-18/h4-13,22H,1H2,2-3H3/b6-5-. The summed E-state index contributed by atoms with van der Waals surface area (Å²) in [4.78, 5) is 14.1. The molecule has 1 aromatic carbocycles. The van der Waals surface area contributed by atoms with Crippen LogP contribution < -0.4 is 0 Å². The number of hydrogen-bond donors (Lipinski definition) is 1. The molecule has 2 aromatic heterocycles. The number of H-pyrrole nitrogens is 1. The summed E-state index contributed by atoms with van der Waals surface area (Å²) in [6, 6.07) is 12.1. The summed E-state index contributed by atoms with van der Waals surface area (Å²) >= 11 is 0. The second kappa shape index (κ2) is 6.59. The number of benzene rings is 1. The van der Waals surface area contributed by atoms with Gasteiger partial charge in [0.25, 0.3) is 0 Å². The number of aryl methyl sites for hydroxylation is 2. The summed E-state index contributed by atoms with van der Waals surface area (Å²) in [6.07, 6.45) is 6.33. The number of carbonyl (C=O) groups is 1. The van der Waals surface area contributed by atoms with Crippen molar-refractivity contribution in [1.82, 2.24) is 4.98 Å². The smallest absolute Gasteiger partial charge is 0.166 e. The lowest BCUT2D eigenvalue weighted by Crippen LogP contribution is -1.82. The monoisotopic (exact) mass is 317 g/mol. The quantitative estimate of drug-likeness (QED) is 0.494. The third-order valence-corrected chi connectivity index (χ3v) is 3.99. The van der Waals surface area contributed by atoms with Gasteiger partial charge in [-0.2, -0.15) is 0 Å². The molecule has 3 heteroatoms. The molecule has 0 fully saturated rings. The molecule has 1 N–H and O–H groups in total. The van der Waals surface area contributed by atoms with E-state index in [1.807, 2.05) is 62.4 Å². The third kappa shape index (κ3) is 3.01. The van der Waals surface area contributed by atoms with Crippen molar-refractivity contribution < 1.29 is 9.21 Å². The van der Waals surface area contributed by atoms with E-state index in [1.165, 1.54) is 0 Å². The predicted octanol–water partition coefficient (Wildman–Crippen LogP) is 5.57. The number of nitrogens with one attached hydrogen (secondary N) is 1. The average Bonchev–Trinajstić information content (AvgIpc) is 3.16. The van der Waals surface area contributed by atoms with Crippen molar-refractivity contribution >= 4 is 12.4 Å². The highest BCUT2D eigenvalue weighted by molar-refractivity contribution is 5.78. The first-order valence-corrected chi connectivity index (χ1v) is 7.77. The molecule has 3 nitrogen and oxygen atoms in total. The molecule has 2 heterocycles. The van der Waals surface area contributed by atoms with Crippen LogP contribution in [0.25, 0.3) is 28.7 Å². The van der Waals surface area contributed by atoms with Gasteiger partial charge in [-0.15, -0.1) is 0 Å². The summed E-state index contributed by atoms with van der Waals surface area (Å²) in [5.41, 5.74) is 5.64. The molecule has 3 rings (SSSR count). The van der Waals surface area contributed by atoms with Gasteiger partial charge in [0.15, 0.2) is 6.29 Å². The number of aromatic amines is 1. The van der Waals surface area contributed by atoms with Gasteiger partial charge in [-0.3, -0.25) is 4.79 Å². The molecule has 0 spiro atoms. The fraction of sp³-hybridized carbons (Fsp3) is 0.0952. The van der Waals surface area contributed by atoms with Gasteiger partial charge in [-0.25, -0.2) is 0 Å². The Hall–Kier alpha value is -3.07. The summed E-state index contributed by atoms with van der Waals surface area (Å²) < 4.78 is 5.90. The van der Waals surface area contributed by atoms with E-state index >= 15 is 0 Å². The van der Waals surface area contributed by atoms with Crippen LogP contribution in [0.4, 0.5) is 0 Å². The van der Waals surface area contributed by atoms with Crippen molar-refractivity contribution in [2.24, 2.45) is 0 Å². The van der Waals surface area contributed by atoms with Gasteiger partial charge in [0.2, 0.25) is 0 Å². The number of rotatable bonds is 5. The second-order valence-electron chi connectivity index (χ2n) is 5.73. The number of hydrogen-bond acceptors (Lipinski definition) is 2. The van der Waals surface area contributed by atoms with E-state index in [-0.39, 0.29) is 0 Å². The van der Waals surface area contributed by atoms with Gasteiger partial charge < -0.3 is 9.40 Å². The van der Waals surface area contributed by atoms with Crippen LogP contribution in [0.5, 0.6) is 0 Å². The Kier molecular flexibility index (Phi) is 4.34. The SMILES string of the molecule is C=C/C=C\c1oc(-c2ccc(-c3cc(C)c(C=O)[nH]3)cc2)cc1C. The summed E-state index contributed by atoms with van der Waals surface area (Å²) in [6.45, 7) is 7.61. The van der Waals surface area contributed by atoms with Crippen LogP contribution in [0.1, 0.15) is 27.4 Å². The number of furan rings is 1. The topological polar surface area (TPSA) is 46.0 Å². The second-order valence-corrected chi connectivity index (χ2v) is 5.73. The zero-order valence-electron chi connectivity index (χ0n) is 13.8. The van der Waals surface area contributed by atoms with Gasteiger partial charge in [0.1, 0.15) is 11.5 Å². The lowest BCUT2D eigenvalue weighted by molar-refractivity contribution is 0.111. The summed E-state index contributed by atoms with van der Waals surface area (Å²) in [5, 5.41) is 0. The number of aromatic nitrogens is 1. The fourth-order valence-corrected chi connectivity index (χ4v) is 2.63. The van der Waals surface area contributed by atoms with Crippen molar-refractivity contribution in [1.29, 1.82) is 0 Å². The van der Waals surface area contributed by atoms with E-state index in [0.717, 1.165) is 45.8 Å². The van der Waals surface area contributed by atoms with Gasteiger partial charge in [-0.05, 0) is 48.7 Å². The van der Waals surface area contributed by atoms with E-state index in [2.05, 4.69) is 11.6 Å². The predicted molar refractivity (Wildman–Crippen MR) is 98.0 cm³/mol. The van der Waals surface area contributed by atoms with Crippen LogP contribution >= 0.6 is 0 Å². The zero-order chi connectivity index (χ0) is 17.1. The lowest BCUT2D eigenvalue weighted by atomic mass is 10.1. The van der Waals surface area contributed by atoms with Crippen LogP contribution in [0.2, 0.25) is 0 Å². The minimum atomic E-state index is 0.620. The maximum absolute atomic E-state index is 11.0. The highest BCUT2D eigenvalue weighted by atomic mass is 16.3. The van der Waals surface area contributed by atoms with Crippen molar-refractivity contribution in [3.05, 3.63) is 77.7 Å². The Balaban J connectivity index is 1.90. The number of allylic oxidation sites excluding steroid dienone is 2. The van der Waals surface area contributed by atoms with Gasteiger partial charge in [0, 0.05) is 11.3 Å². The van der Waals surface area contributed by atoms with Crippen LogP contribution in [0.15, 0.2) is 59.5 Å². The van der Waals surface area contributed by atoms with Gasteiger partial charge >= 0.3 is 0 Å². The van der Waals surface area contributed by atoms with Crippen LogP contribution in [-0.4, -0.2) is 11.3 Å². The molecule has 0 saturated heterocycles. The molecule has 0 bridgehead atoms. The first-order chi connectivity index (χ1) is 11.6. The largest absolute Gasteiger partial charge is 0.456 e. The molecular weight excluding hydrogens is 298 g/mol. The average molecular weight is 317 g/mol. The molecule has 0 aliphatic rings. The van der Waals surface area contributed by atoms with E-state index in [9.17, 15) is 4.79 Å². The van der Waals surface area contributed by atoms with Crippen molar-refractivity contribution in [3.8, 4) is 22.6 Å². The van der Waals surface area contributed by atoms with Crippen molar-refractivity contribution in [2.75, 3.05) is 0 Å². The van der Waals surface area contributed by atoms with E-state index in [0.29, 0.717) is 5.69 Å². The van der Waals surface area contributed by atoms with Gasteiger partial charge in [-0.1, -0.05) is 43.0 Å². The highest BCUT2D eigenvalue weighted by Crippen LogP contribution is 2.29. The number of carbonyl (C=O) groups excluding carboxylic acids is 1. The lowest BCUT2D eigenvalue weighted by Gasteiger charge is -2.01. The van der Waals surface area contributed by atoms with Crippen LogP contribution in [0, 0.1) is 13.8 Å². The van der Waals surface area contributed by atoms with E-state index in [1.54, 1.807) is 6.08 Å². The Labute approximate surface area is 141 Å². The minimum Gasteiger partial charge on any atom is -0.456 e. The molecule has 0 aliphatic carbocycles. The fourth-order valence-electron chi connectivity index (χ4n) is 2.63. The Morgan fingerprint density at radius 2 is 1.75 bits per heavy atom. The Morgan fingerprint density at radius 3 is 2.38 bits per heavy atom. The molecule has 0 radical (unpaired) electrons. The summed E-state index contributed by atoms with van der Waals surface area (Å²) in [5.74, 6) is 1.67. The third-order valence-electron chi connectivity index (χ3n) is 3.99. The summed E-state index contributed by atoms with van der Waals surface area (Å²) in [7, 11) is 0. The first-order valence-electron chi connectivity index (χ1n) is 7.77. The zero-order valence-corrected chi connectivity index (χ0v) is 13.8. The van der Waals surface area contributed by atoms with Crippen molar-refractivity contribution in [3.63, 3.8) is 0 Å². The maximum Gasteiger partial charge on any atom is 0.166 e.